The third-order valence-corrected chi connectivity index (χ3v) is 4.54. The molecular formula is C21H20BrN3O3. The molecule has 0 saturated carbocycles. The van der Waals surface area contributed by atoms with Crippen molar-refractivity contribution in [1.29, 1.82) is 0 Å². The summed E-state index contributed by atoms with van der Waals surface area (Å²) in [4.78, 5) is 32.8. The average Bonchev–Trinajstić information content (AvgIpc) is 2.66. The predicted octanol–water partition coefficient (Wildman–Crippen LogP) is 4.64. The van der Waals surface area contributed by atoms with E-state index < -0.39 is 5.41 Å². The van der Waals surface area contributed by atoms with Crippen molar-refractivity contribution in [3.63, 3.8) is 0 Å². The van der Waals surface area contributed by atoms with Gasteiger partial charge in [-0.05, 0) is 42.5 Å². The maximum Gasteiger partial charge on any atom is 0.229 e. The van der Waals surface area contributed by atoms with Crippen LogP contribution in [0.3, 0.4) is 0 Å². The fourth-order valence-corrected chi connectivity index (χ4v) is 2.76. The number of ketones is 1. The lowest BCUT2D eigenvalue weighted by atomic mass is 9.95. The number of Topliss-reactive ketones (excluding diaryl/α,β-unsaturated/α-hetero) is 1. The first kappa shape index (κ1) is 19.9. The first-order valence-electron chi connectivity index (χ1n) is 8.72. The maximum absolute atomic E-state index is 12.4. The third-order valence-electron chi connectivity index (χ3n) is 4.05. The van der Waals surface area contributed by atoms with Crippen LogP contribution in [0, 0.1) is 5.41 Å². The van der Waals surface area contributed by atoms with Crippen LogP contribution in [-0.4, -0.2) is 28.3 Å². The lowest BCUT2D eigenvalue weighted by molar-refractivity contribution is -0.123. The van der Waals surface area contributed by atoms with E-state index in [4.69, 9.17) is 4.74 Å². The van der Waals surface area contributed by atoms with Crippen molar-refractivity contribution >= 4 is 44.2 Å². The zero-order chi connectivity index (χ0) is 20.3. The second-order valence-electron chi connectivity index (χ2n) is 7.33. The standard InChI is InChI=1S/C21H20BrN3O3/c1-21(2,3)20(27)25-15-7-4-13(5-8-15)18(26)11-28-19-16-10-14(22)6-9-17(16)23-12-24-19/h4-10,12H,11H2,1-3H3,(H,25,27). The Bertz CT molecular complexity index is 1030. The highest BCUT2D eigenvalue weighted by Gasteiger charge is 2.21. The molecule has 0 bridgehead atoms. The number of nitrogens with one attached hydrogen (secondary N) is 1. The molecule has 28 heavy (non-hydrogen) atoms. The van der Waals surface area contributed by atoms with E-state index in [1.54, 1.807) is 24.3 Å². The molecular weight excluding hydrogens is 422 g/mol. The van der Waals surface area contributed by atoms with E-state index >= 15 is 0 Å². The van der Waals surface area contributed by atoms with Crippen molar-refractivity contribution in [3.8, 4) is 5.88 Å². The highest BCUT2D eigenvalue weighted by atomic mass is 79.9. The number of hydrogen-bond acceptors (Lipinski definition) is 5. The summed E-state index contributed by atoms with van der Waals surface area (Å²) in [7, 11) is 0. The Morgan fingerprint density at radius 1 is 1.07 bits per heavy atom. The third kappa shape index (κ3) is 4.72. The van der Waals surface area contributed by atoms with Gasteiger partial charge in [-0.25, -0.2) is 9.97 Å². The summed E-state index contributed by atoms with van der Waals surface area (Å²) in [6.07, 6.45) is 1.41. The van der Waals surface area contributed by atoms with Gasteiger partial charge in [0.2, 0.25) is 11.8 Å². The van der Waals surface area contributed by atoms with Crippen molar-refractivity contribution in [3.05, 3.63) is 58.8 Å². The molecule has 0 unspecified atom stereocenters. The van der Waals surface area contributed by atoms with E-state index in [-0.39, 0.29) is 18.3 Å². The molecule has 144 valence electrons. The molecule has 0 aliphatic carbocycles. The summed E-state index contributed by atoms with van der Waals surface area (Å²) in [6, 6.07) is 12.3. The molecule has 0 aliphatic heterocycles. The van der Waals surface area contributed by atoms with Crippen LogP contribution in [0.15, 0.2) is 53.3 Å². The van der Waals surface area contributed by atoms with Crippen LogP contribution in [0.1, 0.15) is 31.1 Å². The zero-order valence-electron chi connectivity index (χ0n) is 15.8. The van der Waals surface area contributed by atoms with Gasteiger partial charge >= 0.3 is 0 Å². The van der Waals surface area contributed by atoms with Crippen molar-refractivity contribution in [2.75, 3.05) is 11.9 Å². The first-order chi connectivity index (χ1) is 13.2. The SMILES string of the molecule is CC(C)(C)C(=O)Nc1ccc(C(=O)COc2ncnc3ccc(Br)cc23)cc1. The topological polar surface area (TPSA) is 81.2 Å². The summed E-state index contributed by atoms with van der Waals surface area (Å²) in [6.45, 7) is 5.37. The van der Waals surface area contributed by atoms with Crippen molar-refractivity contribution in [2.24, 2.45) is 5.41 Å². The van der Waals surface area contributed by atoms with E-state index in [2.05, 4.69) is 31.2 Å². The predicted molar refractivity (Wildman–Crippen MR) is 112 cm³/mol. The molecule has 1 N–H and O–H groups in total. The van der Waals surface area contributed by atoms with Gasteiger partial charge in [0, 0.05) is 21.1 Å². The van der Waals surface area contributed by atoms with Crippen LogP contribution >= 0.6 is 15.9 Å². The Labute approximate surface area is 171 Å². The molecule has 0 saturated heterocycles. The van der Waals surface area contributed by atoms with Gasteiger partial charge in [-0.1, -0.05) is 36.7 Å². The summed E-state index contributed by atoms with van der Waals surface area (Å²) in [5.41, 5.74) is 1.38. The fourth-order valence-electron chi connectivity index (χ4n) is 2.40. The number of anilines is 1. The van der Waals surface area contributed by atoms with Crippen LogP contribution in [0.5, 0.6) is 5.88 Å². The number of fused-ring (bicyclic) bond motifs is 1. The van der Waals surface area contributed by atoms with Crippen LogP contribution in [0.2, 0.25) is 0 Å². The molecule has 3 rings (SSSR count). The van der Waals surface area contributed by atoms with Gasteiger partial charge in [-0.15, -0.1) is 0 Å². The second-order valence-corrected chi connectivity index (χ2v) is 8.25. The molecule has 7 heteroatoms. The second kappa shape index (κ2) is 8.06. The molecule has 2 aromatic carbocycles. The number of rotatable bonds is 5. The van der Waals surface area contributed by atoms with Crippen LogP contribution < -0.4 is 10.1 Å². The highest BCUT2D eigenvalue weighted by molar-refractivity contribution is 9.10. The van der Waals surface area contributed by atoms with Gasteiger partial charge in [0.15, 0.2) is 12.4 Å². The lowest BCUT2D eigenvalue weighted by Gasteiger charge is -2.17. The molecule has 6 nitrogen and oxygen atoms in total. The highest BCUT2D eigenvalue weighted by Crippen LogP contribution is 2.25. The number of amides is 1. The molecule has 1 aromatic heterocycles. The number of ether oxygens (including phenoxy) is 1. The van der Waals surface area contributed by atoms with Crippen molar-refractivity contribution in [2.45, 2.75) is 20.8 Å². The summed E-state index contributed by atoms with van der Waals surface area (Å²) in [5.74, 6) is 0.0841. The monoisotopic (exact) mass is 441 g/mol. The molecule has 0 fully saturated rings. The normalized spacial score (nSPS) is 11.3. The fraction of sp³-hybridized carbons (Fsp3) is 0.238. The lowest BCUT2D eigenvalue weighted by Crippen LogP contribution is -2.27. The molecule has 1 amide bonds. The largest absolute Gasteiger partial charge is 0.469 e. The van der Waals surface area contributed by atoms with Crippen molar-refractivity contribution < 1.29 is 14.3 Å². The first-order valence-corrected chi connectivity index (χ1v) is 9.51. The maximum atomic E-state index is 12.4. The molecule has 0 radical (unpaired) electrons. The van der Waals surface area contributed by atoms with Gasteiger partial charge < -0.3 is 10.1 Å². The minimum Gasteiger partial charge on any atom is -0.469 e. The quantitative estimate of drug-likeness (QED) is 0.583. The van der Waals surface area contributed by atoms with Gasteiger partial charge in [-0.2, -0.15) is 0 Å². The van der Waals surface area contributed by atoms with Crippen LogP contribution in [0.4, 0.5) is 5.69 Å². The molecule has 0 spiro atoms. The summed E-state index contributed by atoms with van der Waals surface area (Å²) >= 11 is 3.41. The van der Waals surface area contributed by atoms with Crippen LogP contribution in [-0.2, 0) is 4.79 Å². The molecule has 0 atom stereocenters. The van der Waals surface area contributed by atoms with E-state index in [1.165, 1.54) is 6.33 Å². The Morgan fingerprint density at radius 2 is 1.79 bits per heavy atom. The van der Waals surface area contributed by atoms with Gasteiger partial charge in [0.1, 0.15) is 6.33 Å². The van der Waals surface area contributed by atoms with Gasteiger partial charge in [-0.3, -0.25) is 9.59 Å². The van der Waals surface area contributed by atoms with Crippen LogP contribution in [0.25, 0.3) is 10.9 Å². The molecule has 1 heterocycles. The Morgan fingerprint density at radius 3 is 2.46 bits per heavy atom. The Kier molecular flexibility index (Phi) is 5.74. The average molecular weight is 442 g/mol. The summed E-state index contributed by atoms with van der Waals surface area (Å²) < 4.78 is 6.51. The Hall–Kier alpha value is -2.80. The summed E-state index contributed by atoms with van der Waals surface area (Å²) in [5, 5.41) is 3.56. The molecule has 3 aromatic rings. The number of halogens is 1. The van der Waals surface area contributed by atoms with E-state index in [9.17, 15) is 9.59 Å². The number of carbonyl (C=O) groups excluding carboxylic acids is 2. The zero-order valence-corrected chi connectivity index (χ0v) is 17.4. The number of hydrogen-bond donors (Lipinski definition) is 1. The minimum atomic E-state index is -0.488. The van der Waals surface area contributed by atoms with Gasteiger partial charge in [0.25, 0.3) is 0 Å². The number of benzene rings is 2. The van der Waals surface area contributed by atoms with Crippen molar-refractivity contribution in [1.82, 2.24) is 9.97 Å². The number of carbonyl (C=O) groups is 2. The smallest absolute Gasteiger partial charge is 0.229 e. The Balaban J connectivity index is 1.67. The van der Waals surface area contributed by atoms with Gasteiger partial charge in [0.05, 0.1) is 10.9 Å². The van der Waals surface area contributed by atoms with E-state index in [0.717, 1.165) is 15.4 Å². The van der Waals surface area contributed by atoms with E-state index in [0.29, 0.717) is 17.1 Å². The number of aromatic nitrogens is 2. The minimum absolute atomic E-state index is 0.0864. The number of nitrogens with zero attached hydrogens (tertiary/aromatic N) is 2. The molecule has 0 aliphatic rings. The van der Waals surface area contributed by atoms with E-state index in [1.807, 2.05) is 39.0 Å².